The molecule has 0 heterocycles. The van der Waals surface area contributed by atoms with Gasteiger partial charge in [-0.1, -0.05) is 127 Å². The number of carbonyl (C=O) groups excluding carboxylic acids is 1. The van der Waals surface area contributed by atoms with Gasteiger partial charge < -0.3 is 10.1 Å². The molecule has 222 valence electrons. The van der Waals surface area contributed by atoms with Gasteiger partial charge in [-0.15, -0.1) is 0 Å². The van der Waals surface area contributed by atoms with E-state index in [-0.39, 0.29) is 5.97 Å². The summed E-state index contributed by atoms with van der Waals surface area (Å²) < 4.78 is 5.28. The van der Waals surface area contributed by atoms with Crippen molar-refractivity contribution < 1.29 is 9.53 Å². The smallest absolute Gasteiger partial charge is 0.306 e. The molecule has 0 saturated carbocycles. The van der Waals surface area contributed by atoms with Crippen LogP contribution in [0.3, 0.4) is 0 Å². The molecular formula is C35H65NO2. The summed E-state index contributed by atoms with van der Waals surface area (Å²) in [5, 5.41) is 3.60. The molecule has 0 aliphatic heterocycles. The predicted octanol–water partition coefficient (Wildman–Crippen LogP) is 10.8. The second-order valence-electron chi connectivity index (χ2n) is 10.9. The van der Waals surface area contributed by atoms with E-state index in [4.69, 9.17) is 4.74 Å². The lowest BCUT2D eigenvalue weighted by atomic mass is 10.1. The van der Waals surface area contributed by atoms with Crippen molar-refractivity contribution in [2.45, 2.75) is 162 Å². The van der Waals surface area contributed by atoms with E-state index in [0.29, 0.717) is 13.0 Å². The fourth-order valence-corrected chi connectivity index (χ4v) is 4.50. The number of allylic oxidation sites excluding steroid dienone is 5. The maximum Gasteiger partial charge on any atom is 0.306 e. The number of carbonyl (C=O) groups is 1. The van der Waals surface area contributed by atoms with Gasteiger partial charge >= 0.3 is 5.97 Å². The van der Waals surface area contributed by atoms with Crippen LogP contribution in [0.1, 0.15) is 162 Å². The molecule has 0 unspecified atom stereocenters. The molecule has 0 aromatic rings. The average Bonchev–Trinajstić information content (AvgIpc) is 2.92. The summed E-state index contributed by atoms with van der Waals surface area (Å²) in [6, 6.07) is 0. The van der Waals surface area contributed by atoms with Gasteiger partial charge in [-0.3, -0.25) is 4.79 Å². The van der Waals surface area contributed by atoms with Crippen molar-refractivity contribution >= 4 is 5.97 Å². The summed E-state index contributed by atoms with van der Waals surface area (Å²) in [6.45, 7) is 7.22. The lowest BCUT2D eigenvalue weighted by Crippen LogP contribution is -2.16. The third-order valence-corrected chi connectivity index (χ3v) is 7.02. The Morgan fingerprint density at radius 2 is 0.974 bits per heavy atom. The minimum Gasteiger partial charge on any atom is -0.461 e. The largest absolute Gasteiger partial charge is 0.461 e. The van der Waals surface area contributed by atoms with Crippen molar-refractivity contribution in [3.05, 3.63) is 36.5 Å². The molecule has 0 aromatic carbocycles. The molecule has 0 spiro atoms. The van der Waals surface area contributed by atoms with E-state index in [1.165, 1.54) is 116 Å². The maximum absolute atomic E-state index is 11.8. The number of hydrogen-bond donors (Lipinski definition) is 1. The van der Waals surface area contributed by atoms with Crippen LogP contribution in [0.5, 0.6) is 0 Å². The molecule has 0 aliphatic carbocycles. The first kappa shape index (κ1) is 36.6. The van der Waals surface area contributed by atoms with Gasteiger partial charge in [0.2, 0.25) is 0 Å². The molecule has 0 atom stereocenters. The highest BCUT2D eigenvalue weighted by Crippen LogP contribution is 2.09. The first-order valence-electron chi connectivity index (χ1n) is 16.6. The van der Waals surface area contributed by atoms with E-state index >= 15 is 0 Å². The fraction of sp³-hybridized carbons (Fsp3) is 0.800. The quantitative estimate of drug-likeness (QED) is 0.0569. The van der Waals surface area contributed by atoms with Crippen molar-refractivity contribution in [3.8, 4) is 0 Å². The number of rotatable bonds is 30. The zero-order valence-electron chi connectivity index (χ0n) is 25.7. The average molecular weight is 532 g/mol. The van der Waals surface area contributed by atoms with Gasteiger partial charge in [-0.2, -0.15) is 0 Å². The summed E-state index contributed by atoms with van der Waals surface area (Å²) in [5.41, 5.74) is 0. The molecule has 3 heteroatoms. The molecule has 1 N–H and O–H groups in total. The summed E-state index contributed by atoms with van der Waals surface area (Å²) in [7, 11) is 0. The second-order valence-corrected chi connectivity index (χ2v) is 10.9. The summed E-state index contributed by atoms with van der Waals surface area (Å²) in [5.74, 6) is -0.0457. The van der Waals surface area contributed by atoms with E-state index in [0.717, 1.165) is 38.8 Å². The third kappa shape index (κ3) is 32.7. The van der Waals surface area contributed by atoms with Crippen LogP contribution in [-0.4, -0.2) is 25.7 Å². The first-order chi connectivity index (χ1) is 18.8. The molecule has 38 heavy (non-hydrogen) atoms. The van der Waals surface area contributed by atoms with Crippen molar-refractivity contribution in [1.29, 1.82) is 0 Å². The van der Waals surface area contributed by atoms with Gasteiger partial charge in [0.25, 0.3) is 0 Å². The van der Waals surface area contributed by atoms with Gasteiger partial charge in [0.05, 0.1) is 0 Å². The highest BCUT2D eigenvalue weighted by atomic mass is 16.5. The molecule has 0 radical (unpaired) electrons. The molecule has 0 bridgehead atoms. The fourth-order valence-electron chi connectivity index (χ4n) is 4.50. The van der Waals surface area contributed by atoms with Crippen LogP contribution < -0.4 is 5.32 Å². The van der Waals surface area contributed by atoms with Crippen molar-refractivity contribution in [2.24, 2.45) is 0 Å². The zero-order chi connectivity index (χ0) is 27.6. The van der Waals surface area contributed by atoms with E-state index in [1.54, 1.807) is 0 Å². The van der Waals surface area contributed by atoms with Crippen LogP contribution in [0.15, 0.2) is 36.5 Å². The minimum absolute atomic E-state index is 0.0457. The molecule has 0 aromatic heterocycles. The van der Waals surface area contributed by atoms with Crippen LogP contribution in [0.4, 0.5) is 0 Å². The lowest BCUT2D eigenvalue weighted by Gasteiger charge is -2.05. The summed E-state index contributed by atoms with van der Waals surface area (Å²) in [4.78, 5) is 11.8. The molecule has 0 fully saturated rings. The van der Waals surface area contributed by atoms with Gasteiger partial charge in [-0.25, -0.2) is 0 Å². The van der Waals surface area contributed by atoms with E-state index in [9.17, 15) is 4.79 Å². The summed E-state index contributed by atoms with van der Waals surface area (Å²) in [6.07, 6.45) is 41.8. The predicted molar refractivity (Wildman–Crippen MR) is 169 cm³/mol. The van der Waals surface area contributed by atoms with E-state index < -0.39 is 0 Å². The summed E-state index contributed by atoms with van der Waals surface area (Å²) >= 11 is 0. The molecular weight excluding hydrogens is 466 g/mol. The monoisotopic (exact) mass is 532 g/mol. The number of nitrogens with one attached hydrogen (secondary N) is 1. The molecule has 0 saturated heterocycles. The molecule has 3 nitrogen and oxygen atoms in total. The minimum atomic E-state index is -0.0457. The van der Waals surface area contributed by atoms with Crippen molar-refractivity contribution in [1.82, 2.24) is 5.32 Å². The Hall–Kier alpha value is -1.35. The molecule has 0 rings (SSSR count). The molecule has 0 aliphatic rings. The Kier molecular flexibility index (Phi) is 32.5. The first-order valence-corrected chi connectivity index (χ1v) is 16.6. The maximum atomic E-state index is 11.8. The van der Waals surface area contributed by atoms with Gasteiger partial charge in [0.15, 0.2) is 0 Å². The Labute approximate surface area is 238 Å². The normalized spacial score (nSPS) is 11.9. The number of ether oxygens (including phenoxy) is 1. The zero-order valence-corrected chi connectivity index (χ0v) is 25.7. The topological polar surface area (TPSA) is 38.3 Å². The van der Waals surface area contributed by atoms with Gasteiger partial charge in [0, 0.05) is 6.42 Å². The van der Waals surface area contributed by atoms with Crippen LogP contribution >= 0.6 is 0 Å². The van der Waals surface area contributed by atoms with Crippen LogP contribution in [-0.2, 0) is 9.53 Å². The van der Waals surface area contributed by atoms with Crippen LogP contribution in [0.25, 0.3) is 0 Å². The SMILES string of the molecule is CCCCC/C=C\C/C=C\CCCCCCCCNCCCCCCCC(=O)OC/C=C\CCCCCC. The Balaban J connectivity index is 3.22. The van der Waals surface area contributed by atoms with Crippen molar-refractivity contribution in [2.75, 3.05) is 19.7 Å². The Bertz CT molecular complexity index is 552. The molecule has 0 amide bonds. The second kappa shape index (κ2) is 33.7. The Morgan fingerprint density at radius 3 is 1.58 bits per heavy atom. The Morgan fingerprint density at radius 1 is 0.526 bits per heavy atom. The number of hydrogen-bond acceptors (Lipinski definition) is 3. The van der Waals surface area contributed by atoms with E-state index in [1.807, 2.05) is 6.08 Å². The highest BCUT2D eigenvalue weighted by molar-refractivity contribution is 5.69. The third-order valence-electron chi connectivity index (χ3n) is 7.02. The van der Waals surface area contributed by atoms with E-state index in [2.05, 4.69) is 49.5 Å². The standard InChI is InChI=1S/C35H65NO2/c1-3-5-7-9-11-12-13-14-15-16-17-18-19-20-24-28-32-36-33-29-25-22-23-27-31-35(37)38-34-30-26-21-10-8-6-4-2/h11-12,14-15,26,30,36H,3-10,13,16-25,27-29,31-34H2,1-2H3/b12-11-,15-14-,30-26-. The van der Waals surface area contributed by atoms with Crippen LogP contribution in [0.2, 0.25) is 0 Å². The number of esters is 1. The van der Waals surface area contributed by atoms with Gasteiger partial charge in [-0.05, 0) is 77.3 Å². The highest BCUT2D eigenvalue weighted by Gasteiger charge is 2.01. The lowest BCUT2D eigenvalue weighted by molar-refractivity contribution is -0.142. The van der Waals surface area contributed by atoms with Crippen molar-refractivity contribution in [3.63, 3.8) is 0 Å². The number of unbranched alkanes of at least 4 members (excludes halogenated alkanes) is 17. The van der Waals surface area contributed by atoms with Gasteiger partial charge in [0.1, 0.15) is 6.61 Å². The van der Waals surface area contributed by atoms with Crippen LogP contribution in [0, 0.1) is 0 Å².